The van der Waals surface area contributed by atoms with Gasteiger partial charge in [-0.1, -0.05) is 17.7 Å². The van der Waals surface area contributed by atoms with Gasteiger partial charge in [-0.2, -0.15) is 0 Å². The van der Waals surface area contributed by atoms with Crippen molar-refractivity contribution in [2.45, 2.75) is 11.8 Å². The summed E-state index contributed by atoms with van der Waals surface area (Å²) < 4.78 is 4.73. The van der Waals surface area contributed by atoms with Gasteiger partial charge < -0.3 is 4.74 Å². The van der Waals surface area contributed by atoms with Crippen LogP contribution in [0.4, 0.5) is 5.69 Å². The van der Waals surface area contributed by atoms with Crippen LogP contribution in [0.15, 0.2) is 23.1 Å². The molecule has 0 bridgehead atoms. The molecule has 0 aliphatic heterocycles. The van der Waals surface area contributed by atoms with Crippen molar-refractivity contribution in [3.63, 3.8) is 0 Å². The summed E-state index contributed by atoms with van der Waals surface area (Å²) in [5.74, 6) is -0.426. The Morgan fingerprint density at radius 2 is 2.29 bits per heavy atom. The minimum atomic E-state index is -0.528. The number of benzene rings is 1. The molecule has 0 radical (unpaired) electrons. The molecular formula is C10H10ClNO4S. The second kappa shape index (κ2) is 6.46. The second-order valence-corrected chi connectivity index (χ2v) is 4.33. The maximum Gasteiger partial charge on any atom is 0.316 e. The third kappa shape index (κ3) is 3.90. The highest BCUT2D eigenvalue weighted by Crippen LogP contribution is 2.35. The molecule has 0 fully saturated rings. The molecule has 5 nitrogen and oxygen atoms in total. The fraction of sp³-hybridized carbons (Fsp3) is 0.300. The Morgan fingerprint density at radius 1 is 1.59 bits per heavy atom. The van der Waals surface area contributed by atoms with Crippen LogP contribution in [-0.4, -0.2) is 23.3 Å². The van der Waals surface area contributed by atoms with Crippen molar-refractivity contribution in [2.75, 3.05) is 12.4 Å². The highest BCUT2D eigenvalue weighted by molar-refractivity contribution is 8.00. The van der Waals surface area contributed by atoms with E-state index in [1.807, 2.05) is 0 Å². The molecule has 1 aromatic carbocycles. The smallest absolute Gasteiger partial charge is 0.316 e. The van der Waals surface area contributed by atoms with E-state index in [0.29, 0.717) is 0 Å². The van der Waals surface area contributed by atoms with Crippen LogP contribution in [0, 0.1) is 10.1 Å². The first-order valence-electron chi connectivity index (χ1n) is 4.77. The topological polar surface area (TPSA) is 69.4 Å². The summed E-state index contributed by atoms with van der Waals surface area (Å²) >= 11 is 6.86. The number of esters is 1. The van der Waals surface area contributed by atoms with E-state index >= 15 is 0 Å². The number of nitro groups is 1. The molecule has 0 heterocycles. The van der Waals surface area contributed by atoms with Gasteiger partial charge in [-0.05, 0) is 13.0 Å². The van der Waals surface area contributed by atoms with Crippen LogP contribution in [0.3, 0.4) is 0 Å². The van der Waals surface area contributed by atoms with Crippen LogP contribution in [0.25, 0.3) is 0 Å². The highest BCUT2D eigenvalue weighted by atomic mass is 35.5. The number of halogens is 1. The summed E-state index contributed by atoms with van der Waals surface area (Å²) in [6, 6.07) is 4.39. The summed E-state index contributed by atoms with van der Waals surface area (Å²) in [4.78, 5) is 21.7. The fourth-order valence-electron chi connectivity index (χ4n) is 1.12. The third-order valence-corrected chi connectivity index (χ3v) is 3.31. The molecule has 0 amide bonds. The predicted molar refractivity (Wildman–Crippen MR) is 65.5 cm³/mol. The lowest BCUT2D eigenvalue weighted by molar-refractivity contribution is -0.387. The summed E-state index contributed by atoms with van der Waals surface area (Å²) in [5, 5.41) is 11.0. The van der Waals surface area contributed by atoms with Crippen molar-refractivity contribution >= 4 is 35.0 Å². The Balaban J connectivity index is 2.82. The SMILES string of the molecule is CCOC(=O)CSc1c(Cl)cccc1[N+](=O)[O-]. The third-order valence-electron chi connectivity index (χ3n) is 1.78. The summed E-state index contributed by atoms with van der Waals surface area (Å²) in [6.45, 7) is 1.98. The van der Waals surface area contributed by atoms with Crippen LogP contribution in [0.2, 0.25) is 5.02 Å². The quantitative estimate of drug-likeness (QED) is 0.358. The Kier molecular flexibility index (Phi) is 5.24. The molecule has 0 aliphatic carbocycles. The zero-order chi connectivity index (χ0) is 12.8. The molecule has 17 heavy (non-hydrogen) atoms. The van der Waals surface area contributed by atoms with Crippen molar-refractivity contribution in [3.05, 3.63) is 33.3 Å². The highest BCUT2D eigenvalue weighted by Gasteiger charge is 2.18. The molecule has 0 spiro atoms. The van der Waals surface area contributed by atoms with E-state index in [9.17, 15) is 14.9 Å². The maximum atomic E-state index is 11.2. The number of nitrogens with zero attached hydrogens (tertiary/aromatic N) is 1. The van der Waals surface area contributed by atoms with E-state index in [2.05, 4.69) is 0 Å². The predicted octanol–water partition coefficient (Wildman–Crippen LogP) is 2.90. The van der Waals surface area contributed by atoms with Crippen LogP contribution < -0.4 is 0 Å². The molecule has 1 aromatic rings. The lowest BCUT2D eigenvalue weighted by atomic mass is 10.3. The van der Waals surface area contributed by atoms with Crippen LogP contribution in [0.5, 0.6) is 0 Å². The van der Waals surface area contributed by atoms with E-state index in [4.69, 9.17) is 16.3 Å². The van der Waals surface area contributed by atoms with Gasteiger partial charge in [0.25, 0.3) is 5.69 Å². The number of carbonyl (C=O) groups is 1. The normalized spacial score (nSPS) is 10.0. The molecule has 92 valence electrons. The number of thioether (sulfide) groups is 1. The standard InChI is InChI=1S/C10H10ClNO4S/c1-2-16-9(13)6-17-10-7(11)4-3-5-8(10)12(14)15/h3-5H,2,6H2,1H3. The zero-order valence-corrected chi connectivity index (χ0v) is 10.6. The van der Waals surface area contributed by atoms with Crippen molar-refractivity contribution in [2.24, 2.45) is 0 Å². The fourth-order valence-corrected chi connectivity index (χ4v) is 2.29. The van der Waals surface area contributed by atoms with Crippen molar-refractivity contribution < 1.29 is 14.5 Å². The van der Waals surface area contributed by atoms with Gasteiger partial charge in [0.2, 0.25) is 0 Å². The first-order valence-corrected chi connectivity index (χ1v) is 6.14. The Bertz CT molecular complexity index is 438. The van der Waals surface area contributed by atoms with Crippen molar-refractivity contribution in [1.29, 1.82) is 0 Å². The lowest BCUT2D eigenvalue weighted by Crippen LogP contribution is -2.06. The van der Waals surface area contributed by atoms with Gasteiger partial charge in [-0.15, -0.1) is 11.8 Å². The Morgan fingerprint density at radius 3 is 2.88 bits per heavy atom. The van der Waals surface area contributed by atoms with Crippen LogP contribution in [0.1, 0.15) is 6.92 Å². The number of carbonyl (C=O) groups excluding carboxylic acids is 1. The van der Waals surface area contributed by atoms with Gasteiger partial charge in [0, 0.05) is 6.07 Å². The summed E-state index contributed by atoms with van der Waals surface area (Å²) in [7, 11) is 0. The molecular weight excluding hydrogens is 266 g/mol. The molecule has 0 atom stereocenters. The summed E-state index contributed by atoms with van der Waals surface area (Å²) in [6.07, 6.45) is 0. The average Bonchev–Trinajstić information content (AvgIpc) is 2.27. The number of hydrogen-bond donors (Lipinski definition) is 0. The molecule has 0 unspecified atom stereocenters. The number of nitro benzene ring substituents is 1. The number of rotatable bonds is 5. The average molecular weight is 276 g/mol. The maximum absolute atomic E-state index is 11.2. The Labute approximate surface area is 107 Å². The van der Waals surface area contributed by atoms with Crippen LogP contribution >= 0.6 is 23.4 Å². The van der Waals surface area contributed by atoms with Gasteiger partial charge in [0.15, 0.2) is 0 Å². The lowest BCUT2D eigenvalue weighted by Gasteiger charge is -2.04. The monoisotopic (exact) mass is 275 g/mol. The van der Waals surface area contributed by atoms with Crippen molar-refractivity contribution in [1.82, 2.24) is 0 Å². The first kappa shape index (κ1) is 13.8. The molecule has 0 N–H and O–H groups in total. The number of ether oxygens (including phenoxy) is 1. The zero-order valence-electron chi connectivity index (χ0n) is 9.01. The minimum Gasteiger partial charge on any atom is -0.465 e. The van der Waals surface area contributed by atoms with E-state index in [0.717, 1.165) is 11.8 Å². The molecule has 0 saturated carbocycles. The number of hydrogen-bond acceptors (Lipinski definition) is 5. The van der Waals surface area contributed by atoms with E-state index in [-0.39, 0.29) is 28.0 Å². The summed E-state index contributed by atoms with van der Waals surface area (Å²) in [5.41, 5.74) is -0.105. The van der Waals surface area contributed by atoms with E-state index < -0.39 is 10.9 Å². The minimum absolute atomic E-state index is 0.00157. The Hall–Kier alpha value is -1.27. The van der Waals surface area contributed by atoms with Gasteiger partial charge in [0.05, 0.1) is 22.3 Å². The molecule has 7 heteroatoms. The first-order chi connectivity index (χ1) is 8.06. The van der Waals surface area contributed by atoms with Crippen LogP contribution in [-0.2, 0) is 9.53 Å². The second-order valence-electron chi connectivity index (χ2n) is 2.94. The molecule has 1 rings (SSSR count). The van der Waals surface area contributed by atoms with Gasteiger partial charge in [0.1, 0.15) is 4.90 Å². The molecule has 0 aromatic heterocycles. The van der Waals surface area contributed by atoms with Gasteiger partial charge in [-0.25, -0.2) is 0 Å². The van der Waals surface area contributed by atoms with Gasteiger partial charge >= 0.3 is 5.97 Å². The van der Waals surface area contributed by atoms with E-state index in [1.54, 1.807) is 13.0 Å². The van der Waals surface area contributed by atoms with E-state index in [1.165, 1.54) is 12.1 Å². The molecule has 0 saturated heterocycles. The molecule has 0 aliphatic rings. The largest absolute Gasteiger partial charge is 0.465 e. The van der Waals surface area contributed by atoms with Crippen molar-refractivity contribution in [3.8, 4) is 0 Å². The van der Waals surface area contributed by atoms with Gasteiger partial charge in [-0.3, -0.25) is 14.9 Å².